The zero-order valence-electron chi connectivity index (χ0n) is 7.05. The van der Waals surface area contributed by atoms with Gasteiger partial charge in [-0.25, -0.2) is 0 Å². The van der Waals surface area contributed by atoms with Gasteiger partial charge in [-0.15, -0.1) is 12.4 Å². The molecule has 68 valence electrons. The van der Waals surface area contributed by atoms with Gasteiger partial charge in [0.15, 0.2) is 0 Å². The molecule has 0 unspecified atom stereocenters. The predicted octanol–water partition coefficient (Wildman–Crippen LogP) is 0.971. The van der Waals surface area contributed by atoms with Crippen molar-refractivity contribution in [3.05, 3.63) is 0 Å². The van der Waals surface area contributed by atoms with E-state index in [1.54, 1.807) is 7.05 Å². The Morgan fingerprint density at radius 1 is 1.55 bits per heavy atom. The Hall–Kier alpha value is -0.280. The standard InChI is InChI=1S/C7H15NO2.ClH/c1-3-4-5-10-7(9)6-8-2;/h8H,3-6H2,1-2H3;1H. The molecule has 0 aliphatic heterocycles. The molecule has 0 saturated carbocycles. The van der Waals surface area contributed by atoms with Crippen molar-refractivity contribution in [2.75, 3.05) is 20.2 Å². The van der Waals surface area contributed by atoms with E-state index in [-0.39, 0.29) is 18.4 Å². The van der Waals surface area contributed by atoms with Crippen molar-refractivity contribution in [3.8, 4) is 0 Å². The van der Waals surface area contributed by atoms with Crippen LogP contribution in [0.4, 0.5) is 0 Å². The van der Waals surface area contributed by atoms with Gasteiger partial charge in [0.2, 0.25) is 0 Å². The highest BCUT2D eigenvalue weighted by molar-refractivity contribution is 5.85. The summed E-state index contributed by atoms with van der Waals surface area (Å²) in [5.41, 5.74) is 0. The molecule has 0 aliphatic carbocycles. The maximum absolute atomic E-state index is 10.6. The smallest absolute Gasteiger partial charge is 0.319 e. The van der Waals surface area contributed by atoms with E-state index < -0.39 is 0 Å². The Labute approximate surface area is 73.9 Å². The zero-order chi connectivity index (χ0) is 7.82. The summed E-state index contributed by atoms with van der Waals surface area (Å²) in [4.78, 5) is 10.6. The van der Waals surface area contributed by atoms with Crippen molar-refractivity contribution in [2.24, 2.45) is 0 Å². The zero-order valence-corrected chi connectivity index (χ0v) is 7.87. The number of unbranched alkanes of at least 4 members (excludes halogenated alkanes) is 1. The fourth-order valence-corrected chi connectivity index (χ4v) is 0.526. The molecule has 11 heavy (non-hydrogen) atoms. The molecule has 0 atom stereocenters. The van der Waals surface area contributed by atoms with E-state index in [0.717, 1.165) is 12.8 Å². The summed E-state index contributed by atoms with van der Waals surface area (Å²) in [7, 11) is 1.72. The van der Waals surface area contributed by atoms with Gasteiger partial charge < -0.3 is 10.1 Å². The molecule has 0 spiro atoms. The van der Waals surface area contributed by atoms with Crippen LogP contribution in [0.3, 0.4) is 0 Å². The third kappa shape index (κ3) is 9.72. The lowest BCUT2D eigenvalue weighted by Crippen LogP contribution is -2.21. The van der Waals surface area contributed by atoms with Crippen LogP contribution in [0.25, 0.3) is 0 Å². The van der Waals surface area contributed by atoms with Gasteiger partial charge in [-0.1, -0.05) is 13.3 Å². The minimum atomic E-state index is -0.170. The van der Waals surface area contributed by atoms with E-state index in [1.165, 1.54) is 0 Å². The van der Waals surface area contributed by atoms with Crippen LogP contribution in [-0.2, 0) is 9.53 Å². The maximum Gasteiger partial charge on any atom is 0.319 e. The minimum absolute atomic E-state index is 0. The monoisotopic (exact) mass is 181 g/mol. The molecule has 0 aromatic heterocycles. The fraction of sp³-hybridized carbons (Fsp3) is 0.857. The Balaban J connectivity index is 0. The molecule has 1 N–H and O–H groups in total. The highest BCUT2D eigenvalue weighted by atomic mass is 35.5. The normalized spacial score (nSPS) is 8.55. The number of likely N-dealkylation sites (N-methyl/N-ethyl adjacent to an activating group) is 1. The summed E-state index contributed by atoms with van der Waals surface area (Å²) < 4.78 is 4.82. The average molecular weight is 182 g/mol. The number of nitrogens with one attached hydrogen (secondary N) is 1. The quantitative estimate of drug-likeness (QED) is 0.508. The van der Waals surface area contributed by atoms with Crippen LogP contribution < -0.4 is 5.32 Å². The molecule has 0 aliphatic rings. The summed E-state index contributed by atoms with van der Waals surface area (Å²) >= 11 is 0. The molecule has 4 heteroatoms. The number of esters is 1. The van der Waals surface area contributed by atoms with Gasteiger partial charge in [0.1, 0.15) is 0 Å². The number of rotatable bonds is 5. The van der Waals surface area contributed by atoms with Crippen LogP contribution in [0.2, 0.25) is 0 Å². The van der Waals surface area contributed by atoms with Gasteiger partial charge in [0.25, 0.3) is 0 Å². The van der Waals surface area contributed by atoms with Crippen LogP contribution in [0.15, 0.2) is 0 Å². The number of carbonyl (C=O) groups excluding carboxylic acids is 1. The Kier molecular flexibility index (Phi) is 11.8. The Bertz CT molecular complexity index is 98.4. The molecule has 0 fully saturated rings. The van der Waals surface area contributed by atoms with Crippen molar-refractivity contribution in [1.82, 2.24) is 5.32 Å². The van der Waals surface area contributed by atoms with Gasteiger partial charge in [0.05, 0.1) is 13.2 Å². The Morgan fingerprint density at radius 2 is 2.18 bits per heavy atom. The lowest BCUT2D eigenvalue weighted by atomic mass is 10.4. The molecular formula is C7H16ClNO2. The molecule has 0 aromatic carbocycles. The third-order valence-electron chi connectivity index (χ3n) is 1.08. The third-order valence-corrected chi connectivity index (χ3v) is 1.08. The van der Waals surface area contributed by atoms with E-state index >= 15 is 0 Å². The molecule has 0 heterocycles. The number of hydrogen-bond donors (Lipinski definition) is 1. The van der Waals surface area contributed by atoms with Crippen molar-refractivity contribution >= 4 is 18.4 Å². The van der Waals surface area contributed by atoms with Crippen LogP contribution in [-0.4, -0.2) is 26.2 Å². The molecule has 0 radical (unpaired) electrons. The summed E-state index contributed by atoms with van der Waals surface area (Å²) in [6.07, 6.45) is 2.02. The lowest BCUT2D eigenvalue weighted by molar-refractivity contribution is -0.142. The summed E-state index contributed by atoms with van der Waals surface area (Å²) in [5.74, 6) is -0.170. The van der Waals surface area contributed by atoms with E-state index in [4.69, 9.17) is 4.74 Å². The van der Waals surface area contributed by atoms with Crippen LogP contribution in [0.1, 0.15) is 19.8 Å². The molecule has 0 aromatic rings. The highest BCUT2D eigenvalue weighted by Gasteiger charge is 1.97. The molecule has 0 amide bonds. The van der Waals surface area contributed by atoms with E-state index in [2.05, 4.69) is 12.2 Å². The predicted molar refractivity (Wildman–Crippen MR) is 47.0 cm³/mol. The number of carbonyl (C=O) groups is 1. The average Bonchev–Trinajstić information content (AvgIpc) is 1.89. The van der Waals surface area contributed by atoms with E-state index in [0.29, 0.717) is 13.2 Å². The van der Waals surface area contributed by atoms with Crippen molar-refractivity contribution in [2.45, 2.75) is 19.8 Å². The maximum atomic E-state index is 10.6. The van der Waals surface area contributed by atoms with Crippen molar-refractivity contribution in [3.63, 3.8) is 0 Å². The summed E-state index contributed by atoms with van der Waals surface area (Å²) in [5, 5.41) is 2.72. The molecule has 0 saturated heterocycles. The molecule has 0 rings (SSSR count). The van der Waals surface area contributed by atoms with E-state index in [1.807, 2.05) is 0 Å². The number of ether oxygens (including phenoxy) is 1. The lowest BCUT2D eigenvalue weighted by Gasteiger charge is -2.01. The first kappa shape index (κ1) is 13.3. The second kappa shape index (κ2) is 9.72. The first-order valence-corrected chi connectivity index (χ1v) is 3.61. The second-order valence-corrected chi connectivity index (χ2v) is 2.10. The number of hydrogen-bond acceptors (Lipinski definition) is 3. The first-order chi connectivity index (χ1) is 4.81. The summed E-state index contributed by atoms with van der Waals surface area (Å²) in [6.45, 7) is 2.92. The van der Waals surface area contributed by atoms with Crippen LogP contribution in [0.5, 0.6) is 0 Å². The topological polar surface area (TPSA) is 38.3 Å². The second-order valence-electron chi connectivity index (χ2n) is 2.10. The van der Waals surface area contributed by atoms with E-state index in [9.17, 15) is 4.79 Å². The minimum Gasteiger partial charge on any atom is -0.465 e. The highest BCUT2D eigenvalue weighted by Crippen LogP contribution is 1.87. The van der Waals surface area contributed by atoms with Gasteiger partial charge in [0, 0.05) is 0 Å². The first-order valence-electron chi connectivity index (χ1n) is 3.61. The fourth-order valence-electron chi connectivity index (χ4n) is 0.526. The van der Waals surface area contributed by atoms with Crippen LogP contribution >= 0.6 is 12.4 Å². The summed E-state index contributed by atoms with van der Waals surface area (Å²) in [6, 6.07) is 0. The van der Waals surface area contributed by atoms with Gasteiger partial charge >= 0.3 is 5.97 Å². The van der Waals surface area contributed by atoms with Crippen LogP contribution in [0, 0.1) is 0 Å². The Morgan fingerprint density at radius 3 is 2.64 bits per heavy atom. The molecular weight excluding hydrogens is 166 g/mol. The van der Waals surface area contributed by atoms with Gasteiger partial charge in [-0.2, -0.15) is 0 Å². The number of halogens is 1. The van der Waals surface area contributed by atoms with Crippen molar-refractivity contribution < 1.29 is 9.53 Å². The van der Waals surface area contributed by atoms with Gasteiger partial charge in [-0.3, -0.25) is 4.79 Å². The SMILES string of the molecule is CCCCOC(=O)CNC.Cl. The molecule has 3 nitrogen and oxygen atoms in total. The largest absolute Gasteiger partial charge is 0.465 e. The van der Waals surface area contributed by atoms with Gasteiger partial charge in [-0.05, 0) is 13.5 Å². The van der Waals surface area contributed by atoms with Crippen molar-refractivity contribution in [1.29, 1.82) is 0 Å². The molecule has 0 bridgehead atoms.